The molecule has 4 rings (SSSR count). The van der Waals surface area contributed by atoms with Crippen molar-refractivity contribution in [2.45, 2.75) is 142 Å². The Morgan fingerprint density at radius 2 is 1.41 bits per heavy atom. The van der Waals surface area contributed by atoms with E-state index in [-0.39, 0.29) is 84.8 Å². The second kappa shape index (κ2) is 17.8. The van der Waals surface area contributed by atoms with E-state index in [1.54, 1.807) is 0 Å². The molecule has 0 radical (unpaired) electrons. The predicted molar refractivity (Wildman–Crippen MR) is 186 cm³/mol. The first-order valence-electron chi connectivity index (χ1n) is 19.3. The van der Waals surface area contributed by atoms with Gasteiger partial charge in [-0.25, -0.2) is 0 Å². The van der Waals surface area contributed by atoms with E-state index in [0.29, 0.717) is 38.7 Å². The zero-order valence-corrected chi connectivity index (χ0v) is 30.6. The molecule has 5 unspecified atom stereocenters. The molecule has 0 aromatic carbocycles. The topological polar surface area (TPSA) is 183 Å². The van der Waals surface area contributed by atoms with Gasteiger partial charge in [-0.2, -0.15) is 0 Å². The maximum Gasteiger partial charge on any atom is 0.319 e. The van der Waals surface area contributed by atoms with Gasteiger partial charge in [-0.05, 0) is 92.8 Å². The molecule has 0 saturated heterocycles. The standard InChI is InChI=1S/C38H65N3O8/c1-5-6-7-8-9-10-17-46-32(42)14-11-24(2)27-12-13-28-36-29(20-31(38(27,28)4)49-35(45)23-41)37(3)16-15-26(47-33(43)21-39)18-25(37)19-30(36)48-34(44)22-40/h24-31,36H,5-23,39-41H2,1-4H3/t24-,25?,26-,27?,28+,29+,30-,31+,36?,37?,38?/m1/s1. The third-order valence-electron chi connectivity index (χ3n) is 13.4. The maximum atomic E-state index is 12.9. The molecule has 11 heteroatoms. The molecule has 0 spiro atoms. The minimum absolute atomic E-state index is 0.0669. The lowest BCUT2D eigenvalue weighted by molar-refractivity contribution is -0.225. The average Bonchev–Trinajstić information content (AvgIpc) is 3.45. The first-order valence-corrected chi connectivity index (χ1v) is 19.3. The van der Waals surface area contributed by atoms with Crippen molar-refractivity contribution in [3.63, 3.8) is 0 Å². The van der Waals surface area contributed by atoms with Gasteiger partial charge in [0.2, 0.25) is 0 Å². The number of carbonyl (C=O) groups excluding carboxylic acids is 4. The highest BCUT2D eigenvalue weighted by atomic mass is 16.6. The van der Waals surface area contributed by atoms with E-state index in [4.69, 9.17) is 36.1 Å². The van der Waals surface area contributed by atoms with Crippen LogP contribution in [0, 0.1) is 46.3 Å². The third-order valence-corrected chi connectivity index (χ3v) is 13.4. The van der Waals surface area contributed by atoms with Crippen LogP contribution in [0.3, 0.4) is 0 Å². The van der Waals surface area contributed by atoms with Crippen molar-refractivity contribution < 1.29 is 38.1 Å². The highest BCUT2D eigenvalue weighted by Crippen LogP contribution is 2.69. The Morgan fingerprint density at radius 1 is 0.755 bits per heavy atom. The molecule has 4 aliphatic rings. The van der Waals surface area contributed by atoms with Gasteiger partial charge >= 0.3 is 23.9 Å². The van der Waals surface area contributed by atoms with Crippen LogP contribution < -0.4 is 17.2 Å². The summed E-state index contributed by atoms with van der Waals surface area (Å²) in [5.74, 6) is -0.547. The average molecular weight is 692 g/mol. The molecule has 0 heterocycles. The lowest BCUT2D eigenvalue weighted by Gasteiger charge is -2.64. The Kier molecular flexibility index (Phi) is 14.4. The molecule has 49 heavy (non-hydrogen) atoms. The van der Waals surface area contributed by atoms with Crippen molar-refractivity contribution in [2.75, 3.05) is 26.2 Å². The summed E-state index contributed by atoms with van der Waals surface area (Å²) in [6, 6.07) is 0. The van der Waals surface area contributed by atoms with Gasteiger partial charge in [0, 0.05) is 17.8 Å². The second-order valence-electron chi connectivity index (χ2n) is 16.0. The second-order valence-corrected chi connectivity index (χ2v) is 16.0. The maximum absolute atomic E-state index is 12.9. The van der Waals surface area contributed by atoms with Crippen LogP contribution in [0.15, 0.2) is 0 Å². The first kappa shape index (κ1) is 39.5. The van der Waals surface area contributed by atoms with Gasteiger partial charge in [0.1, 0.15) is 18.3 Å². The van der Waals surface area contributed by atoms with Gasteiger partial charge in [-0.1, -0.05) is 59.8 Å². The molecular weight excluding hydrogens is 626 g/mol. The van der Waals surface area contributed by atoms with E-state index in [2.05, 4.69) is 27.7 Å². The fourth-order valence-electron chi connectivity index (χ4n) is 10.8. The Labute approximate surface area is 293 Å². The Balaban J connectivity index is 1.53. The molecule has 4 aliphatic carbocycles. The lowest BCUT2D eigenvalue weighted by atomic mass is 9.43. The van der Waals surface area contributed by atoms with Crippen LogP contribution in [0.5, 0.6) is 0 Å². The van der Waals surface area contributed by atoms with E-state index in [9.17, 15) is 19.2 Å². The summed E-state index contributed by atoms with van der Waals surface area (Å²) in [5, 5.41) is 0. The molecule has 0 aromatic rings. The number of rotatable bonds is 17. The van der Waals surface area contributed by atoms with Gasteiger partial charge in [-0.3, -0.25) is 19.2 Å². The molecule has 0 amide bonds. The van der Waals surface area contributed by atoms with Gasteiger partial charge < -0.3 is 36.1 Å². The largest absolute Gasteiger partial charge is 0.466 e. The summed E-state index contributed by atoms with van der Waals surface area (Å²) in [7, 11) is 0. The number of esters is 4. The molecule has 280 valence electrons. The summed E-state index contributed by atoms with van der Waals surface area (Å²) in [6.45, 7) is 8.92. The van der Waals surface area contributed by atoms with Crippen LogP contribution >= 0.6 is 0 Å². The zero-order chi connectivity index (χ0) is 35.8. The van der Waals surface area contributed by atoms with Crippen molar-refractivity contribution >= 4 is 23.9 Å². The normalized spacial score (nSPS) is 35.7. The van der Waals surface area contributed by atoms with E-state index in [1.807, 2.05) is 0 Å². The van der Waals surface area contributed by atoms with Gasteiger partial charge in [0.05, 0.1) is 26.2 Å². The minimum Gasteiger partial charge on any atom is -0.466 e. The predicted octanol–water partition coefficient (Wildman–Crippen LogP) is 4.80. The molecule has 4 saturated carbocycles. The monoisotopic (exact) mass is 691 g/mol. The summed E-state index contributed by atoms with van der Waals surface area (Å²) in [4.78, 5) is 50.5. The molecule has 11 nitrogen and oxygen atoms in total. The Hall–Kier alpha value is -2.24. The highest BCUT2D eigenvalue weighted by molar-refractivity contribution is 5.72. The number of unbranched alkanes of at least 4 members (excludes halogenated alkanes) is 5. The SMILES string of the molecule is CCCCCCCCOC(=O)CC[C@@H](C)C1CC[C@H]2C3[C@H](OC(=O)CN)CC4C[C@H](OC(=O)CN)CCC4(C)[C@H]3C[C@H](OC(=O)CN)C12C. The van der Waals surface area contributed by atoms with Crippen LogP contribution in [-0.2, 0) is 38.1 Å². The van der Waals surface area contributed by atoms with Crippen LogP contribution in [0.4, 0.5) is 0 Å². The van der Waals surface area contributed by atoms with Crippen LogP contribution in [0.2, 0.25) is 0 Å². The Bertz CT molecular complexity index is 1140. The molecule has 11 atom stereocenters. The molecule has 0 aromatic heterocycles. The summed E-state index contributed by atoms with van der Waals surface area (Å²) in [5.41, 5.74) is 16.6. The van der Waals surface area contributed by atoms with Gasteiger partial charge in [0.15, 0.2) is 0 Å². The summed E-state index contributed by atoms with van der Waals surface area (Å²) < 4.78 is 23.8. The highest BCUT2D eigenvalue weighted by Gasteiger charge is 2.67. The van der Waals surface area contributed by atoms with Crippen molar-refractivity contribution in [2.24, 2.45) is 63.5 Å². The quantitative estimate of drug-likeness (QED) is 0.108. The molecule has 0 aliphatic heterocycles. The Morgan fingerprint density at radius 3 is 2.10 bits per heavy atom. The van der Waals surface area contributed by atoms with Crippen molar-refractivity contribution in [3.8, 4) is 0 Å². The number of hydrogen-bond acceptors (Lipinski definition) is 11. The lowest BCUT2D eigenvalue weighted by Crippen LogP contribution is -2.63. The third kappa shape index (κ3) is 8.98. The summed E-state index contributed by atoms with van der Waals surface area (Å²) >= 11 is 0. The van der Waals surface area contributed by atoms with E-state index in [1.165, 1.54) is 25.7 Å². The number of nitrogens with two attached hydrogens (primary N) is 3. The van der Waals surface area contributed by atoms with E-state index >= 15 is 0 Å². The zero-order valence-electron chi connectivity index (χ0n) is 30.6. The van der Waals surface area contributed by atoms with Crippen LogP contribution in [0.1, 0.15) is 124 Å². The smallest absolute Gasteiger partial charge is 0.319 e. The fraction of sp³-hybridized carbons (Fsp3) is 0.895. The molecule has 0 bridgehead atoms. The number of ether oxygens (including phenoxy) is 4. The van der Waals surface area contributed by atoms with E-state index < -0.39 is 23.3 Å². The minimum atomic E-state index is -0.421. The van der Waals surface area contributed by atoms with Gasteiger partial charge in [-0.15, -0.1) is 0 Å². The molecular formula is C38H65N3O8. The van der Waals surface area contributed by atoms with Crippen molar-refractivity contribution in [1.82, 2.24) is 0 Å². The van der Waals surface area contributed by atoms with E-state index in [0.717, 1.165) is 38.5 Å². The molecule has 4 fully saturated rings. The van der Waals surface area contributed by atoms with Crippen molar-refractivity contribution in [1.29, 1.82) is 0 Å². The van der Waals surface area contributed by atoms with Crippen molar-refractivity contribution in [3.05, 3.63) is 0 Å². The fourth-order valence-corrected chi connectivity index (χ4v) is 10.8. The number of carbonyl (C=O) groups is 4. The number of hydrogen-bond donors (Lipinski definition) is 3. The van der Waals surface area contributed by atoms with Crippen LogP contribution in [-0.4, -0.2) is 68.4 Å². The number of fused-ring (bicyclic) bond motifs is 5. The molecule has 6 N–H and O–H groups in total. The van der Waals surface area contributed by atoms with Crippen LogP contribution in [0.25, 0.3) is 0 Å². The first-order chi connectivity index (χ1) is 23.4. The van der Waals surface area contributed by atoms with Gasteiger partial charge in [0.25, 0.3) is 0 Å². The summed E-state index contributed by atoms with van der Waals surface area (Å²) in [6.07, 6.45) is 12.4.